The summed E-state index contributed by atoms with van der Waals surface area (Å²) >= 11 is 1.33. The molecule has 2 heterocycles. The van der Waals surface area contributed by atoms with E-state index in [0.29, 0.717) is 4.96 Å². The summed E-state index contributed by atoms with van der Waals surface area (Å²) in [5.41, 5.74) is -0.616. The number of hydrogen-bond donors (Lipinski definition) is 1. The molecule has 0 unspecified atom stereocenters. The minimum atomic E-state index is -0.616. The van der Waals surface area contributed by atoms with Gasteiger partial charge in [-0.3, -0.25) is 0 Å². The van der Waals surface area contributed by atoms with Crippen molar-refractivity contribution in [3.63, 3.8) is 0 Å². The molecule has 0 aliphatic heterocycles. The first-order valence-electron chi connectivity index (χ1n) is 5.33. The summed E-state index contributed by atoms with van der Waals surface area (Å²) in [5, 5.41) is 22.3. The van der Waals surface area contributed by atoms with Crippen LogP contribution in [0.5, 0.6) is 0 Å². The third-order valence-corrected chi connectivity index (χ3v) is 3.76. The standard InChI is InChI=1S/C10H14N4O3S/c1-10(2,6-15)12(3)7-8(14(16)17)13-4-5-18-9(13)11-7/h4-5,15H,6H2,1-3H3. The average Bonchev–Trinajstić information content (AvgIpc) is 2.86. The Labute approximate surface area is 107 Å². The van der Waals surface area contributed by atoms with Crippen molar-refractivity contribution in [2.45, 2.75) is 19.4 Å². The Morgan fingerprint density at radius 1 is 1.67 bits per heavy atom. The van der Waals surface area contributed by atoms with Crippen molar-refractivity contribution in [2.24, 2.45) is 0 Å². The third kappa shape index (κ3) is 1.83. The smallest absolute Gasteiger partial charge is 0.373 e. The second-order valence-corrected chi connectivity index (χ2v) is 5.47. The molecule has 0 bridgehead atoms. The second kappa shape index (κ2) is 4.21. The predicted octanol–water partition coefficient (Wildman–Crippen LogP) is 1.51. The molecule has 0 fully saturated rings. The highest BCUT2D eigenvalue weighted by atomic mass is 32.1. The van der Waals surface area contributed by atoms with E-state index in [2.05, 4.69) is 4.98 Å². The van der Waals surface area contributed by atoms with Gasteiger partial charge < -0.3 is 20.1 Å². The molecule has 8 heteroatoms. The van der Waals surface area contributed by atoms with Gasteiger partial charge in [0.2, 0.25) is 5.82 Å². The Balaban J connectivity index is 2.60. The minimum absolute atomic E-state index is 0.0738. The zero-order valence-electron chi connectivity index (χ0n) is 10.3. The van der Waals surface area contributed by atoms with E-state index in [-0.39, 0.29) is 18.2 Å². The number of anilines is 1. The molecule has 0 spiro atoms. The molecule has 98 valence electrons. The van der Waals surface area contributed by atoms with Gasteiger partial charge in [0.1, 0.15) is 6.20 Å². The fourth-order valence-electron chi connectivity index (χ4n) is 1.55. The first-order valence-corrected chi connectivity index (χ1v) is 6.21. The van der Waals surface area contributed by atoms with Crippen molar-refractivity contribution < 1.29 is 10.0 Å². The van der Waals surface area contributed by atoms with Gasteiger partial charge in [0.15, 0.2) is 0 Å². The molecule has 0 atom stereocenters. The van der Waals surface area contributed by atoms with E-state index in [1.165, 1.54) is 15.7 Å². The quantitative estimate of drug-likeness (QED) is 0.672. The van der Waals surface area contributed by atoms with Gasteiger partial charge >= 0.3 is 5.82 Å². The first-order chi connectivity index (χ1) is 8.38. The maximum absolute atomic E-state index is 11.2. The van der Waals surface area contributed by atoms with Crippen LogP contribution in [-0.2, 0) is 0 Å². The highest BCUT2D eigenvalue weighted by Crippen LogP contribution is 2.33. The Bertz CT molecular complexity index is 589. The molecular formula is C10H14N4O3S. The van der Waals surface area contributed by atoms with Crippen molar-refractivity contribution in [3.05, 3.63) is 21.7 Å². The molecule has 0 amide bonds. The summed E-state index contributed by atoms with van der Waals surface area (Å²) < 4.78 is 1.45. The monoisotopic (exact) mass is 270 g/mol. The first kappa shape index (κ1) is 12.8. The van der Waals surface area contributed by atoms with Gasteiger partial charge in [0, 0.05) is 12.4 Å². The molecule has 1 N–H and O–H groups in total. The van der Waals surface area contributed by atoms with Crippen LogP contribution < -0.4 is 4.90 Å². The minimum Gasteiger partial charge on any atom is -0.394 e. The molecule has 2 rings (SSSR count). The van der Waals surface area contributed by atoms with Crippen molar-refractivity contribution in [1.82, 2.24) is 9.38 Å². The van der Waals surface area contributed by atoms with Gasteiger partial charge in [-0.05, 0) is 18.8 Å². The summed E-state index contributed by atoms with van der Waals surface area (Å²) in [5.74, 6) is 0.196. The number of thiazole rings is 1. The lowest BCUT2D eigenvalue weighted by Crippen LogP contribution is -2.44. The number of rotatable bonds is 4. The van der Waals surface area contributed by atoms with Crippen LogP contribution in [0, 0.1) is 10.1 Å². The van der Waals surface area contributed by atoms with Crippen molar-refractivity contribution >= 4 is 27.9 Å². The van der Waals surface area contributed by atoms with E-state index < -0.39 is 10.5 Å². The number of hydrogen-bond acceptors (Lipinski definition) is 6. The fourth-order valence-corrected chi connectivity index (χ4v) is 2.25. The molecule has 0 saturated heterocycles. The Hall–Kier alpha value is -1.67. The van der Waals surface area contributed by atoms with Crippen molar-refractivity contribution in [2.75, 3.05) is 18.6 Å². The van der Waals surface area contributed by atoms with Gasteiger partial charge in [-0.25, -0.2) is 0 Å². The molecule has 0 saturated carbocycles. The summed E-state index contributed by atoms with van der Waals surface area (Å²) in [4.78, 5) is 17.2. The summed E-state index contributed by atoms with van der Waals surface area (Å²) in [6.07, 6.45) is 1.62. The SMILES string of the molecule is CN(c1nc2sccn2c1[N+](=O)[O-])C(C)(C)CO. The molecule has 2 aromatic heterocycles. The number of aromatic nitrogens is 2. The lowest BCUT2D eigenvalue weighted by Gasteiger charge is -2.33. The van der Waals surface area contributed by atoms with E-state index in [4.69, 9.17) is 0 Å². The molecule has 7 nitrogen and oxygen atoms in total. The van der Waals surface area contributed by atoms with Crippen LogP contribution in [0.4, 0.5) is 11.6 Å². The molecule has 2 aromatic rings. The van der Waals surface area contributed by atoms with Crippen LogP contribution in [0.2, 0.25) is 0 Å². The molecule has 0 aromatic carbocycles. The highest BCUT2D eigenvalue weighted by molar-refractivity contribution is 7.15. The number of nitrogens with zero attached hydrogens (tertiary/aromatic N) is 4. The number of likely N-dealkylation sites (N-methyl/N-ethyl adjacent to an activating group) is 1. The maximum Gasteiger partial charge on any atom is 0.373 e. The molecule has 0 aliphatic carbocycles. The topological polar surface area (TPSA) is 83.9 Å². The normalized spacial score (nSPS) is 12.0. The van der Waals surface area contributed by atoms with Gasteiger partial charge in [-0.15, -0.1) is 0 Å². The Morgan fingerprint density at radius 3 is 2.89 bits per heavy atom. The fraction of sp³-hybridized carbons (Fsp3) is 0.500. The zero-order chi connectivity index (χ0) is 13.5. The number of nitro groups is 1. The molecule has 0 aliphatic rings. The van der Waals surface area contributed by atoms with Crippen LogP contribution in [0.3, 0.4) is 0 Å². The van der Waals surface area contributed by atoms with Gasteiger partial charge in [0.25, 0.3) is 4.96 Å². The van der Waals surface area contributed by atoms with E-state index >= 15 is 0 Å². The second-order valence-electron chi connectivity index (χ2n) is 4.60. The number of aliphatic hydroxyl groups is 1. The van der Waals surface area contributed by atoms with Crippen LogP contribution >= 0.6 is 11.3 Å². The lowest BCUT2D eigenvalue weighted by atomic mass is 10.1. The van der Waals surface area contributed by atoms with Gasteiger partial charge in [-0.1, -0.05) is 11.3 Å². The maximum atomic E-state index is 11.2. The number of imidazole rings is 1. The zero-order valence-corrected chi connectivity index (χ0v) is 11.1. The summed E-state index contributed by atoms with van der Waals surface area (Å²) in [6.45, 7) is 3.47. The van der Waals surface area contributed by atoms with Crippen molar-refractivity contribution in [1.29, 1.82) is 0 Å². The largest absolute Gasteiger partial charge is 0.394 e. The third-order valence-electron chi connectivity index (χ3n) is 3.00. The van der Waals surface area contributed by atoms with E-state index in [9.17, 15) is 15.2 Å². The number of fused-ring (bicyclic) bond motifs is 1. The molecular weight excluding hydrogens is 256 g/mol. The van der Waals surface area contributed by atoms with Gasteiger partial charge in [0.05, 0.1) is 12.1 Å². The van der Waals surface area contributed by atoms with E-state index in [0.717, 1.165) is 0 Å². The predicted molar refractivity (Wildman–Crippen MR) is 69.3 cm³/mol. The summed E-state index contributed by atoms with van der Waals surface area (Å²) in [7, 11) is 1.69. The number of aliphatic hydroxyl groups excluding tert-OH is 1. The lowest BCUT2D eigenvalue weighted by molar-refractivity contribution is -0.389. The van der Waals surface area contributed by atoms with Crippen LogP contribution in [0.15, 0.2) is 11.6 Å². The molecule has 18 heavy (non-hydrogen) atoms. The summed E-state index contributed by atoms with van der Waals surface area (Å²) in [6, 6.07) is 0. The van der Waals surface area contributed by atoms with Crippen LogP contribution in [-0.4, -0.2) is 38.6 Å². The van der Waals surface area contributed by atoms with Crippen LogP contribution in [0.25, 0.3) is 4.96 Å². The highest BCUT2D eigenvalue weighted by Gasteiger charge is 2.33. The van der Waals surface area contributed by atoms with E-state index in [1.807, 2.05) is 0 Å². The van der Waals surface area contributed by atoms with Crippen LogP contribution in [0.1, 0.15) is 13.8 Å². The Morgan fingerprint density at radius 2 is 2.33 bits per heavy atom. The average molecular weight is 270 g/mol. The molecule has 0 radical (unpaired) electrons. The Kier molecular flexibility index (Phi) is 2.99. The van der Waals surface area contributed by atoms with E-state index in [1.54, 1.807) is 37.4 Å². The van der Waals surface area contributed by atoms with Gasteiger partial charge in [-0.2, -0.15) is 9.38 Å². The van der Waals surface area contributed by atoms with Crippen molar-refractivity contribution in [3.8, 4) is 0 Å².